The summed E-state index contributed by atoms with van der Waals surface area (Å²) in [5, 5.41) is 3.04. The van der Waals surface area contributed by atoms with E-state index in [1.54, 1.807) is 0 Å². The largest absolute Gasteiger partial charge is 0.318 e. The van der Waals surface area contributed by atoms with Gasteiger partial charge in [-0.1, -0.05) is 0 Å². The van der Waals surface area contributed by atoms with Crippen LogP contribution >= 0.6 is 0 Å². The molecule has 0 amide bonds. The van der Waals surface area contributed by atoms with Crippen LogP contribution < -0.4 is 5.32 Å². The molecule has 1 rings (SSSR count). The first-order valence-electron chi connectivity index (χ1n) is 4.21. The Balaban J connectivity index is 2.27. The van der Waals surface area contributed by atoms with Gasteiger partial charge in [-0.2, -0.15) is 0 Å². The van der Waals surface area contributed by atoms with Crippen molar-refractivity contribution in [3.05, 3.63) is 0 Å². The molecule has 12 heavy (non-hydrogen) atoms. The summed E-state index contributed by atoms with van der Waals surface area (Å²) in [6.45, 7) is 3.28. The van der Waals surface area contributed by atoms with Crippen LogP contribution in [0.2, 0.25) is 0 Å². The summed E-state index contributed by atoms with van der Waals surface area (Å²) in [6, 6.07) is 0. The van der Waals surface area contributed by atoms with E-state index >= 15 is 0 Å². The molecule has 0 bridgehead atoms. The monoisotopic (exact) mass is 192 g/mol. The summed E-state index contributed by atoms with van der Waals surface area (Å²) < 4.78 is 22.1. The summed E-state index contributed by atoms with van der Waals surface area (Å²) in [5.74, 6) is 0.660. The minimum absolute atomic E-state index is 0.330. The molecule has 0 radical (unpaired) electrons. The first-order chi connectivity index (χ1) is 5.64. The Labute approximate surface area is 73.9 Å². The second-order valence-corrected chi connectivity index (χ2v) is 5.40. The quantitative estimate of drug-likeness (QED) is 0.619. The average molecular weight is 192 g/mol. The summed E-state index contributed by atoms with van der Waals surface area (Å²) in [5.41, 5.74) is 0. The number of rotatable bonds is 3. The van der Waals surface area contributed by atoms with E-state index in [1.807, 2.05) is 7.05 Å². The van der Waals surface area contributed by atoms with Crippen molar-refractivity contribution in [2.45, 2.75) is 0 Å². The van der Waals surface area contributed by atoms with Gasteiger partial charge in [-0.05, 0) is 7.05 Å². The minimum Gasteiger partial charge on any atom is -0.318 e. The Morgan fingerprint density at radius 1 is 1.33 bits per heavy atom. The minimum atomic E-state index is -2.70. The molecular weight excluding hydrogens is 176 g/mol. The topological polar surface area (TPSA) is 49.4 Å². The van der Waals surface area contributed by atoms with Gasteiger partial charge in [0, 0.05) is 26.2 Å². The van der Waals surface area contributed by atoms with E-state index in [4.69, 9.17) is 0 Å². The number of sulfone groups is 1. The Morgan fingerprint density at radius 2 is 1.92 bits per heavy atom. The molecule has 0 aromatic heterocycles. The van der Waals surface area contributed by atoms with E-state index in [-0.39, 0.29) is 0 Å². The van der Waals surface area contributed by atoms with Gasteiger partial charge in [0.25, 0.3) is 0 Å². The molecule has 0 aliphatic carbocycles. The number of likely N-dealkylation sites (N-methyl/N-ethyl adjacent to an activating group) is 1. The second kappa shape index (κ2) is 4.20. The van der Waals surface area contributed by atoms with Crippen molar-refractivity contribution in [1.82, 2.24) is 10.2 Å². The predicted octanol–water partition coefficient (Wildman–Crippen LogP) is -1.06. The predicted molar refractivity (Wildman–Crippen MR) is 49.0 cm³/mol. The summed E-state index contributed by atoms with van der Waals surface area (Å²) in [6.07, 6.45) is 0. The smallest absolute Gasteiger partial charge is 0.152 e. The number of hydrogen-bond acceptors (Lipinski definition) is 4. The van der Waals surface area contributed by atoms with Crippen molar-refractivity contribution in [3.8, 4) is 0 Å². The molecule has 0 saturated carbocycles. The van der Waals surface area contributed by atoms with Gasteiger partial charge in [0.2, 0.25) is 0 Å². The summed E-state index contributed by atoms with van der Waals surface area (Å²) in [4.78, 5) is 2.18. The van der Waals surface area contributed by atoms with Crippen molar-refractivity contribution < 1.29 is 8.42 Å². The molecule has 1 heterocycles. The number of nitrogens with one attached hydrogen (secondary N) is 1. The van der Waals surface area contributed by atoms with E-state index in [1.165, 1.54) is 0 Å². The van der Waals surface area contributed by atoms with Crippen molar-refractivity contribution in [1.29, 1.82) is 0 Å². The van der Waals surface area contributed by atoms with Crippen LogP contribution in [0.25, 0.3) is 0 Å². The lowest BCUT2D eigenvalue weighted by atomic mass is 10.4. The van der Waals surface area contributed by atoms with Gasteiger partial charge in [-0.15, -0.1) is 0 Å². The van der Waals surface area contributed by atoms with Crippen molar-refractivity contribution in [2.75, 3.05) is 44.7 Å². The van der Waals surface area contributed by atoms with E-state index in [0.717, 1.165) is 13.1 Å². The molecule has 4 nitrogen and oxygen atoms in total. The molecule has 0 unspecified atom stereocenters. The Bertz CT molecular complexity index is 212. The van der Waals surface area contributed by atoms with Gasteiger partial charge in [0.15, 0.2) is 9.84 Å². The molecule has 0 spiro atoms. The molecule has 1 N–H and O–H groups in total. The molecule has 1 saturated heterocycles. The van der Waals surface area contributed by atoms with E-state index < -0.39 is 9.84 Å². The maximum atomic E-state index is 11.0. The highest BCUT2D eigenvalue weighted by atomic mass is 32.2. The lowest BCUT2D eigenvalue weighted by molar-refractivity contribution is 0.297. The van der Waals surface area contributed by atoms with Crippen LogP contribution in [0.15, 0.2) is 0 Å². The molecular formula is C7H16N2O2S. The van der Waals surface area contributed by atoms with Crippen LogP contribution in [0.5, 0.6) is 0 Å². The molecule has 1 aliphatic rings. The third-order valence-corrected chi connectivity index (χ3v) is 3.72. The Hall–Kier alpha value is -0.130. The molecule has 5 heteroatoms. The maximum absolute atomic E-state index is 11.0. The first-order valence-corrected chi connectivity index (χ1v) is 6.03. The van der Waals surface area contributed by atoms with Crippen molar-refractivity contribution in [3.63, 3.8) is 0 Å². The van der Waals surface area contributed by atoms with Crippen LogP contribution in [0.4, 0.5) is 0 Å². The molecule has 1 fully saturated rings. The zero-order valence-corrected chi connectivity index (χ0v) is 8.23. The fourth-order valence-corrected chi connectivity index (χ4v) is 2.52. The summed E-state index contributed by atoms with van der Waals surface area (Å²) >= 11 is 0. The van der Waals surface area contributed by atoms with Gasteiger partial charge in [-0.3, -0.25) is 0 Å². The van der Waals surface area contributed by atoms with Crippen LogP contribution in [-0.2, 0) is 9.84 Å². The van der Waals surface area contributed by atoms with Gasteiger partial charge in [0.1, 0.15) is 0 Å². The SMILES string of the molecule is CNCCN1CCS(=O)(=O)CC1. The highest BCUT2D eigenvalue weighted by Crippen LogP contribution is 2.02. The third kappa shape index (κ3) is 3.08. The van der Waals surface area contributed by atoms with Crippen LogP contribution in [0.1, 0.15) is 0 Å². The highest BCUT2D eigenvalue weighted by Gasteiger charge is 2.20. The maximum Gasteiger partial charge on any atom is 0.152 e. The average Bonchev–Trinajstić information content (AvgIpc) is 2.03. The fraction of sp³-hybridized carbons (Fsp3) is 1.00. The van der Waals surface area contributed by atoms with Crippen LogP contribution in [0, 0.1) is 0 Å². The molecule has 1 aliphatic heterocycles. The molecule has 72 valence electrons. The lowest BCUT2D eigenvalue weighted by Gasteiger charge is -2.26. The lowest BCUT2D eigenvalue weighted by Crippen LogP contribution is -2.42. The van der Waals surface area contributed by atoms with Crippen LogP contribution in [-0.4, -0.2) is 58.1 Å². The van der Waals surface area contributed by atoms with Gasteiger partial charge in [0.05, 0.1) is 11.5 Å². The summed E-state index contributed by atoms with van der Waals surface area (Å²) in [7, 11) is -0.799. The van der Waals surface area contributed by atoms with Gasteiger partial charge >= 0.3 is 0 Å². The Morgan fingerprint density at radius 3 is 2.42 bits per heavy atom. The van der Waals surface area contributed by atoms with E-state index in [0.29, 0.717) is 24.6 Å². The standard InChI is InChI=1S/C7H16N2O2S/c1-8-2-3-9-4-6-12(10,11)7-5-9/h8H,2-7H2,1H3. The normalized spacial score (nSPS) is 24.1. The highest BCUT2D eigenvalue weighted by molar-refractivity contribution is 7.91. The third-order valence-electron chi connectivity index (χ3n) is 2.12. The van der Waals surface area contributed by atoms with Crippen molar-refractivity contribution in [2.24, 2.45) is 0 Å². The zero-order chi connectivity index (χ0) is 9.03. The molecule has 0 aromatic rings. The number of hydrogen-bond donors (Lipinski definition) is 1. The van der Waals surface area contributed by atoms with E-state index in [2.05, 4.69) is 10.2 Å². The fourth-order valence-electron chi connectivity index (χ4n) is 1.24. The zero-order valence-electron chi connectivity index (χ0n) is 7.41. The molecule has 0 aromatic carbocycles. The van der Waals surface area contributed by atoms with Gasteiger partial charge in [-0.25, -0.2) is 8.42 Å². The second-order valence-electron chi connectivity index (χ2n) is 3.10. The van der Waals surface area contributed by atoms with Crippen LogP contribution in [0.3, 0.4) is 0 Å². The first kappa shape index (κ1) is 9.95. The number of nitrogens with zero attached hydrogens (tertiary/aromatic N) is 1. The van der Waals surface area contributed by atoms with Gasteiger partial charge < -0.3 is 10.2 Å². The molecule has 0 atom stereocenters. The van der Waals surface area contributed by atoms with Crippen molar-refractivity contribution >= 4 is 9.84 Å². The Kier molecular flexibility index (Phi) is 3.49. The van der Waals surface area contributed by atoms with E-state index in [9.17, 15) is 8.42 Å².